The van der Waals surface area contributed by atoms with Crippen LogP contribution in [0.25, 0.3) is 91.8 Å². The van der Waals surface area contributed by atoms with Gasteiger partial charge in [0.15, 0.2) is 0 Å². The third kappa shape index (κ3) is 6.01. The second-order valence-corrected chi connectivity index (χ2v) is 16.8. The maximum absolute atomic E-state index is 2.41. The van der Waals surface area contributed by atoms with Crippen molar-refractivity contribution in [1.29, 1.82) is 0 Å². The quantitative estimate of drug-likeness (QED) is 0.156. The number of thiophene rings is 1. The Labute approximate surface area is 358 Å². The molecule has 0 radical (unpaired) electrons. The zero-order valence-electron chi connectivity index (χ0n) is 33.2. The number of fused-ring (bicyclic) bond motifs is 7. The Morgan fingerprint density at radius 3 is 1.79 bits per heavy atom. The first-order valence-corrected chi connectivity index (χ1v) is 21.6. The summed E-state index contributed by atoms with van der Waals surface area (Å²) in [5.41, 5.74) is 14.1. The van der Waals surface area contributed by atoms with E-state index in [0.717, 1.165) is 22.7 Å². The molecular weight excluding hydrogens is 757 g/mol. The van der Waals surface area contributed by atoms with Crippen molar-refractivity contribution in [2.75, 3.05) is 4.90 Å². The molecule has 61 heavy (non-hydrogen) atoms. The molecule has 0 aliphatic heterocycles. The van der Waals surface area contributed by atoms with Crippen molar-refractivity contribution in [1.82, 2.24) is 4.57 Å². The summed E-state index contributed by atoms with van der Waals surface area (Å²) in [4.78, 5) is 2.41. The summed E-state index contributed by atoms with van der Waals surface area (Å²) in [6, 6.07) is 84.1. The van der Waals surface area contributed by atoms with Gasteiger partial charge in [0.25, 0.3) is 0 Å². The fourth-order valence-corrected chi connectivity index (χ4v) is 10.5. The molecule has 3 heteroatoms. The first-order valence-electron chi connectivity index (χ1n) is 20.8. The minimum Gasteiger partial charge on any atom is -0.310 e. The van der Waals surface area contributed by atoms with E-state index in [1.165, 1.54) is 86.1 Å². The molecule has 0 amide bonds. The number of aromatic nitrogens is 1. The minimum absolute atomic E-state index is 1.09. The van der Waals surface area contributed by atoms with Gasteiger partial charge in [-0.1, -0.05) is 164 Å². The Hall–Kier alpha value is -7.72. The molecule has 2 aromatic heterocycles. The van der Waals surface area contributed by atoms with Crippen molar-refractivity contribution in [2.45, 2.75) is 0 Å². The van der Waals surface area contributed by atoms with Crippen LogP contribution in [0.4, 0.5) is 17.1 Å². The van der Waals surface area contributed by atoms with E-state index in [1.54, 1.807) is 0 Å². The molecule has 2 nitrogen and oxygen atoms in total. The van der Waals surface area contributed by atoms with E-state index in [9.17, 15) is 0 Å². The number of anilines is 3. The molecule has 0 saturated heterocycles. The fraction of sp³-hybridized carbons (Fsp3) is 0. The van der Waals surface area contributed by atoms with Crippen LogP contribution in [0.5, 0.6) is 0 Å². The summed E-state index contributed by atoms with van der Waals surface area (Å²) < 4.78 is 5.03. The summed E-state index contributed by atoms with van der Waals surface area (Å²) in [5.74, 6) is 0. The van der Waals surface area contributed by atoms with E-state index < -0.39 is 0 Å². The molecule has 0 N–H and O–H groups in total. The summed E-state index contributed by atoms with van der Waals surface area (Å²) in [6.07, 6.45) is 0. The van der Waals surface area contributed by atoms with Crippen LogP contribution in [-0.2, 0) is 0 Å². The van der Waals surface area contributed by atoms with Gasteiger partial charge in [-0.3, -0.25) is 0 Å². The van der Waals surface area contributed by atoms with E-state index in [2.05, 4.69) is 240 Å². The Morgan fingerprint density at radius 2 is 0.918 bits per heavy atom. The number of rotatable bonds is 7. The smallest absolute Gasteiger partial charge is 0.0561 e. The van der Waals surface area contributed by atoms with Crippen molar-refractivity contribution < 1.29 is 0 Å². The number of hydrogen-bond acceptors (Lipinski definition) is 2. The third-order valence-corrected chi connectivity index (χ3v) is 13.4. The van der Waals surface area contributed by atoms with Crippen LogP contribution in [0.15, 0.2) is 231 Å². The van der Waals surface area contributed by atoms with Crippen molar-refractivity contribution in [2.24, 2.45) is 0 Å². The Bertz CT molecular complexity index is 3580. The summed E-state index contributed by atoms with van der Waals surface area (Å²) in [7, 11) is 0. The molecule has 12 aromatic rings. The highest BCUT2D eigenvalue weighted by Gasteiger charge is 2.19. The average molecular weight is 795 g/mol. The molecule has 0 bridgehead atoms. The average Bonchev–Trinajstić information content (AvgIpc) is 3.88. The van der Waals surface area contributed by atoms with Crippen LogP contribution in [-0.4, -0.2) is 4.57 Å². The van der Waals surface area contributed by atoms with Gasteiger partial charge in [0.2, 0.25) is 0 Å². The van der Waals surface area contributed by atoms with Crippen LogP contribution in [0.1, 0.15) is 0 Å². The lowest BCUT2D eigenvalue weighted by atomic mass is 9.98. The first kappa shape index (κ1) is 35.2. The Balaban J connectivity index is 1.02. The molecule has 0 spiro atoms. The number of para-hydroxylation sites is 2. The Kier molecular flexibility index (Phi) is 8.39. The molecule has 286 valence electrons. The normalized spacial score (nSPS) is 11.6. The summed E-state index contributed by atoms with van der Waals surface area (Å²) in [6.45, 7) is 0. The van der Waals surface area contributed by atoms with Crippen molar-refractivity contribution in [3.63, 3.8) is 0 Å². The molecule has 12 rings (SSSR count). The van der Waals surface area contributed by atoms with E-state index >= 15 is 0 Å². The molecule has 0 atom stereocenters. The van der Waals surface area contributed by atoms with Gasteiger partial charge in [0.1, 0.15) is 0 Å². The molecule has 0 aliphatic carbocycles. The van der Waals surface area contributed by atoms with Gasteiger partial charge in [-0.05, 0) is 111 Å². The van der Waals surface area contributed by atoms with E-state index in [1.807, 2.05) is 11.3 Å². The van der Waals surface area contributed by atoms with Gasteiger partial charge in [0, 0.05) is 53.7 Å². The van der Waals surface area contributed by atoms with E-state index in [-0.39, 0.29) is 0 Å². The predicted molar refractivity (Wildman–Crippen MR) is 262 cm³/mol. The molecule has 0 fully saturated rings. The lowest BCUT2D eigenvalue weighted by Gasteiger charge is -2.26. The lowest BCUT2D eigenvalue weighted by Crippen LogP contribution is -2.10. The lowest BCUT2D eigenvalue weighted by molar-refractivity contribution is 1.18. The third-order valence-electron chi connectivity index (χ3n) is 12.2. The fourth-order valence-electron chi connectivity index (χ4n) is 9.32. The van der Waals surface area contributed by atoms with Gasteiger partial charge >= 0.3 is 0 Å². The minimum atomic E-state index is 1.09. The molecular formula is C58H38N2S. The second-order valence-electron chi connectivity index (χ2n) is 15.7. The second kappa shape index (κ2) is 14.5. The maximum Gasteiger partial charge on any atom is 0.0561 e. The molecule has 10 aromatic carbocycles. The zero-order valence-corrected chi connectivity index (χ0v) is 34.1. The van der Waals surface area contributed by atoms with E-state index in [0.29, 0.717) is 0 Å². The molecule has 2 heterocycles. The van der Waals surface area contributed by atoms with Crippen molar-refractivity contribution >= 4 is 81.1 Å². The largest absolute Gasteiger partial charge is 0.310 e. The van der Waals surface area contributed by atoms with Gasteiger partial charge in [-0.2, -0.15) is 0 Å². The summed E-state index contributed by atoms with van der Waals surface area (Å²) in [5, 5.41) is 7.57. The van der Waals surface area contributed by atoms with Crippen LogP contribution in [0, 0.1) is 0 Å². The predicted octanol–water partition coefficient (Wildman–Crippen LogP) is 16.8. The number of hydrogen-bond donors (Lipinski definition) is 0. The summed E-state index contributed by atoms with van der Waals surface area (Å²) >= 11 is 1.88. The topological polar surface area (TPSA) is 8.17 Å². The van der Waals surface area contributed by atoms with E-state index in [4.69, 9.17) is 0 Å². The monoisotopic (exact) mass is 794 g/mol. The van der Waals surface area contributed by atoms with Crippen LogP contribution in [0.2, 0.25) is 0 Å². The molecule has 0 saturated carbocycles. The standard InChI is InChI=1S/C58H38N2S/c1-3-14-40(15-4-1)50-25-13-26-53-54-37-43(30-35-57(54)61-58(50)53)42-18-11-21-46(36-42)59(45-31-28-41(29-32-45)49-24-12-17-39-16-7-8-22-48(39)49)47-33-34-52-51-23-9-10-27-55(51)60(56(52)38-47)44-19-5-2-6-20-44/h1-38H. The zero-order chi connectivity index (χ0) is 40.3. The highest BCUT2D eigenvalue weighted by Crippen LogP contribution is 2.44. The molecule has 0 unspecified atom stereocenters. The molecule has 0 aliphatic rings. The van der Waals surface area contributed by atoms with Crippen LogP contribution >= 0.6 is 11.3 Å². The SMILES string of the molecule is c1ccc(-c2cccc3c2sc2ccc(-c4cccc(N(c5ccc(-c6cccc7ccccc67)cc5)c5ccc6c7ccccc7n(-c7ccccc7)c6c5)c4)cc23)cc1. The Morgan fingerprint density at radius 1 is 0.328 bits per heavy atom. The number of benzene rings is 10. The van der Waals surface area contributed by atoms with Crippen molar-refractivity contribution in [3.05, 3.63) is 231 Å². The van der Waals surface area contributed by atoms with Gasteiger partial charge < -0.3 is 9.47 Å². The van der Waals surface area contributed by atoms with Crippen LogP contribution < -0.4 is 4.90 Å². The van der Waals surface area contributed by atoms with Gasteiger partial charge in [0.05, 0.1) is 11.0 Å². The maximum atomic E-state index is 2.41. The van der Waals surface area contributed by atoms with Crippen molar-refractivity contribution in [3.8, 4) is 39.1 Å². The van der Waals surface area contributed by atoms with Gasteiger partial charge in [-0.25, -0.2) is 0 Å². The first-order chi connectivity index (χ1) is 30.2. The number of nitrogens with zero attached hydrogens (tertiary/aromatic N) is 2. The van der Waals surface area contributed by atoms with Gasteiger partial charge in [-0.15, -0.1) is 11.3 Å². The highest BCUT2D eigenvalue weighted by molar-refractivity contribution is 7.26. The van der Waals surface area contributed by atoms with Crippen LogP contribution in [0.3, 0.4) is 0 Å². The highest BCUT2D eigenvalue weighted by atomic mass is 32.1.